The van der Waals surface area contributed by atoms with Crippen molar-refractivity contribution < 1.29 is 4.79 Å². The maximum absolute atomic E-state index is 13.1. The van der Waals surface area contributed by atoms with Crippen LogP contribution in [0.4, 0.5) is 17.3 Å². The number of carbonyl (C=O) groups excluding carboxylic acids is 1. The zero-order valence-electron chi connectivity index (χ0n) is 22.0. The minimum Gasteiger partial charge on any atom is -0.324 e. The third-order valence-electron chi connectivity index (χ3n) is 7.20. The van der Waals surface area contributed by atoms with Gasteiger partial charge >= 0.3 is 0 Å². The van der Waals surface area contributed by atoms with Gasteiger partial charge in [0.05, 0.1) is 5.69 Å². The van der Waals surface area contributed by atoms with Crippen LogP contribution in [-0.4, -0.2) is 45.4 Å². The van der Waals surface area contributed by atoms with Crippen LogP contribution < -0.4 is 10.6 Å². The molecule has 38 heavy (non-hydrogen) atoms. The molecule has 0 bridgehead atoms. The predicted octanol–water partition coefficient (Wildman–Crippen LogP) is 6.43. The van der Waals surface area contributed by atoms with Crippen LogP contribution in [-0.2, 0) is 0 Å². The molecule has 1 aliphatic heterocycles. The molecular weight excluding hydrogens is 472 g/mol. The number of pyridine rings is 1. The fourth-order valence-corrected chi connectivity index (χ4v) is 4.93. The summed E-state index contributed by atoms with van der Waals surface area (Å²) in [5.41, 5.74) is 6.16. The SMILES string of the molecule is CCN1CCCCC(c2ccc(NC(=O)c3ccc(C)c(Nc4nccc(-c5cccnc5)n4)c3)cc2)C1. The van der Waals surface area contributed by atoms with Crippen molar-refractivity contribution in [2.45, 2.75) is 39.0 Å². The van der Waals surface area contributed by atoms with Crippen LogP contribution in [0.1, 0.15) is 53.6 Å². The smallest absolute Gasteiger partial charge is 0.255 e. The van der Waals surface area contributed by atoms with Gasteiger partial charge in [-0.05, 0) is 92.4 Å². The highest BCUT2D eigenvalue weighted by molar-refractivity contribution is 6.05. The second-order valence-electron chi connectivity index (χ2n) is 9.82. The number of nitrogens with zero attached hydrogens (tertiary/aromatic N) is 4. The lowest BCUT2D eigenvalue weighted by Crippen LogP contribution is -2.27. The molecule has 1 fully saturated rings. The molecular formula is C31H34N6O. The second kappa shape index (κ2) is 12.0. The molecule has 3 heterocycles. The standard InChI is InChI=1S/C31H34N6O/c1-3-37-18-5-4-7-26(21-37)23-11-13-27(14-12-23)34-30(38)24-10-9-22(2)29(19-24)36-31-33-17-15-28(35-31)25-8-6-16-32-20-25/h6,8-17,19-20,26H,3-5,7,18,21H2,1-2H3,(H,34,38)(H,33,35,36). The van der Waals surface area contributed by atoms with Gasteiger partial charge in [-0.1, -0.05) is 31.5 Å². The maximum Gasteiger partial charge on any atom is 0.255 e. The first kappa shape index (κ1) is 25.5. The molecule has 1 aliphatic rings. The van der Waals surface area contributed by atoms with Gasteiger partial charge in [-0.15, -0.1) is 0 Å². The van der Waals surface area contributed by atoms with E-state index >= 15 is 0 Å². The summed E-state index contributed by atoms with van der Waals surface area (Å²) in [6.07, 6.45) is 8.97. The lowest BCUT2D eigenvalue weighted by molar-refractivity contribution is 0.102. The molecule has 2 N–H and O–H groups in total. The van der Waals surface area contributed by atoms with Crippen LogP contribution in [0.3, 0.4) is 0 Å². The first-order valence-corrected chi connectivity index (χ1v) is 13.3. The monoisotopic (exact) mass is 506 g/mol. The number of likely N-dealkylation sites (N-methyl/N-ethyl adjacent to an activating group) is 1. The Labute approximate surface area is 224 Å². The Morgan fingerprint density at radius 2 is 1.92 bits per heavy atom. The number of hydrogen-bond acceptors (Lipinski definition) is 6. The third-order valence-corrected chi connectivity index (χ3v) is 7.20. The Balaban J connectivity index is 1.27. The molecule has 194 valence electrons. The Morgan fingerprint density at radius 1 is 1.05 bits per heavy atom. The molecule has 2 aromatic heterocycles. The summed E-state index contributed by atoms with van der Waals surface area (Å²) < 4.78 is 0. The summed E-state index contributed by atoms with van der Waals surface area (Å²) in [5.74, 6) is 0.854. The van der Waals surface area contributed by atoms with E-state index in [-0.39, 0.29) is 5.91 Å². The largest absolute Gasteiger partial charge is 0.324 e. The number of likely N-dealkylation sites (tertiary alicyclic amines) is 1. The lowest BCUT2D eigenvalue weighted by Gasteiger charge is -2.23. The highest BCUT2D eigenvalue weighted by atomic mass is 16.1. The Bertz CT molecular complexity index is 1370. The van der Waals surface area contributed by atoms with Crippen molar-refractivity contribution >= 4 is 23.2 Å². The van der Waals surface area contributed by atoms with Crippen LogP contribution in [0.25, 0.3) is 11.3 Å². The van der Waals surface area contributed by atoms with Crippen LogP contribution in [0.2, 0.25) is 0 Å². The molecule has 0 aliphatic carbocycles. The van der Waals surface area contributed by atoms with E-state index in [9.17, 15) is 4.79 Å². The van der Waals surface area contributed by atoms with Gasteiger partial charge in [0.25, 0.3) is 5.91 Å². The number of benzene rings is 2. The van der Waals surface area contributed by atoms with Gasteiger partial charge < -0.3 is 15.5 Å². The van der Waals surface area contributed by atoms with Gasteiger partial charge in [-0.2, -0.15) is 0 Å². The number of aromatic nitrogens is 3. The molecule has 0 radical (unpaired) electrons. The van der Waals surface area contributed by atoms with Crippen molar-refractivity contribution in [1.29, 1.82) is 0 Å². The van der Waals surface area contributed by atoms with Gasteiger partial charge in [-0.3, -0.25) is 9.78 Å². The molecule has 7 nitrogen and oxygen atoms in total. The fourth-order valence-electron chi connectivity index (χ4n) is 4.93. The van der Waals surface area contributed by atoms with E-state index in [0.717, 1.165) is 41.3 Å². The van der Waals surface area contributed by atoms with Crippen molar-refractivity contribution in [3.8, 4) is 11.3 Å². The van der Waals surface area contributed by atoms with E-state index < -0.39 is 0 Å². The number of hydrogen-bond donors (Lipinski definition) is 2. The number of rotatable bonds is 7. The van der Waals surface area contributed by atoms with Crippen LogP contribution in [0, 0.1) is 6.92 Å². The van der Waals surface area contributed by atoms with Gasteiger partial charge in [0.15, 0.2) is 0 Å². The summed E-state index contributed by atoms with van der Waals surface area (Å²) >= 11 is 0. The van der Waals surface area contributed by atoms with Gasteiger partial charge in [0.1, 0.15) is 0 Å². The Kier molecular flexibility index (Phi) is 8.04. The quantitative estimate of drug-likeness (QED) is 0.300. The summed E-state index contributed by atoms with van der Waals surface area (Å²) in [5, 5.41) is 6.32. The molecule has 7 heteroatoms. The second-order valence-corrected chi connectivity index (χ2v) is 9.82. The summed E-state index contributed by atoms with van der Waals surface area (Å²) in [4.78, 5) is 28.8. The van der Waals surface area contributed by atoms with Crippen LogP contribution in [0.5, 0.6) is 0 Å². The average molecular weight is 507 g/mol. The van der Waals surface area contributed by atoms with E-state index in [2.05, 4.69) is 49.5 Å². The zero-order chi connectivity index (χ0) is 26.3. The molecule has 0 saturated carbocycles. The molecule has 0 spiro atoms. The molecule has 5 rings (SSSR count). The van der Waals surface area contributed by atoms with Gasteiger partial charge in [0, 0.05) is 47.6 Å². The Morgan fingerprint density at radius 3 is 2.71 bits per heavy atom. The summed E-state index contributed by atoms with van der Waals surface area (Å²) in [6.45, 7) is 7.62. The van der Waals surface area contributed by atoms with Gasteiger partial charge in [-0.25, -0.2) is 9.97 Å². The van der Waals surface area contributed by atoms with Crippen LogP contribution in [0.15, 0.2) is 79.3 Å². The first-order chi connectivity index (χ1) is 18.6. The minimum atomic E-state index is -0.155. The number of nitrogens with one attached hydrogen (secondary N) is 2. The van der Waals surface area contributed by atoms with E-state index in [0.29, 0.717) is 17.4 Å². The molecule has 1 unspecified atom stereocenters. The minimum absolute atomic E-state index is 0.155. The zero-order valence-corrected chi connectivity index (χ0v) is 22.0. The topological polar surface area (TPSA) is 83.0 Å². The molecule has 2 aromatic carbocycles. The molecule has 1 saturated heterocycles. The maximum atomic E-state index is 13.1. The van der Waals surface area contributed by atoms with E-state index in [4.69, 9.17) is 0 Å². The molecule has 4 aromatic rings. The number of aryl methyl sites for hydroxylation is 1. The van der Waals surface area contributed by atoms with Crippen molar-refractivity contribution in [3.05, 3.63) is 95.9 Å². The highest BCUT2D eigenvalue weighted by Gasteiger charge is 2.19. The summed E-state index contributed by atoms with van der Waals surface area (Å²) in [7, 11) is 0. The van der Waals surface area contributed by atoms with Crippen molar-refractivity contribution in [2.24, 2.45) is 0 Å². The predicted molar refractivity (Wildman–Crippen MR) is 153 cm³/mol. The van der Waals surface area contributed by atoms with E-state index in [1.807, 2.05) is 55.5 Å². The fraction of sp³-hybridized carbons (Fsp3) is 0.290. The lowest BCUT2D eigenvalue weighted by atomic mass is 9.94. The van der Waals surface area contributed by atoms with Crippen molar-refractivity contribution in [2.75, 3.05) is 30.3 Å². The average Bonchev–Trinajstić information content (AvgIpc) is 3.21. The number of amides is 1. The van der Waals surface area contributed by atoms with Crippen molar-refractivity contribution in [3.63, 3.8) is 0 Å². The third kappa shape index (κ3) is 6.23. The highest BCUT2D eigenvalue weighted by Crippen LogP contribution is 2.28. The van der Waals surface area contributed by atoms with E-state index in [1.165, 1.54) is 31.4 Å². The number of anilines is 3. The van der Waals surface area contributed by atoms with Gasteiger partial charge in [0.2, 0.25) is 5.95 Å². The number of carbonyl (C=O) groups is 1. The van der Waals surface area contributed by atoms with Crippen LogP contribution >= 0.6 is 0 Å². The van der Waals surface area contributed by atoms with Crippen molar-refractivity contribution in [1.82, 2.24) is 19.9 Å². The van der Waals surface area contributed by atoms with E-state index in [1.54, 1.807) is 18.6 Å². The Hall–Kier alpha value is -4.10. The molecule has 1 atom stereocenters. The first-order valence-electron chi connectivity index (χ1n) is 13.3. The molecule has 1 amide bonds. The normalized spacial score (nSPS) is 16.0. The summed E-state index contributed by atoms with van der Waals surface area (Å²) in [6, 6.07) is 19.6.